The smallest absolute Gasteiger partial charge is 0.216 e. The van der Waals surface area contributed by atoms with Gasteiger partial charge in [-0.25, -0.2) is 0 Å². The minimum atomic E-state index is -0.179. The molecule has 3 rings (SSSR count). The molecule has 0 amide bonds. The van der Waals surface area contributed by atoms with Crippen LogP contribution in [0, 0.1) is 0 Å². The van der Waals surface area contributed by atoms with Crippen LogP contribution in [-0.4, -0.2) is 37.5 Å². The lowest BCUT2D eigenvalue weighted by Gasteiger charge is -2.14. The van der Waals surface area contributed by atoms with Gasteiger partial charge in [0.05, 0.1) is 16.0 Å². The SMILES string of the molecule is COCCOc1c(SC)ccc(C(=O)c2cc(C3CC3)on2)c1Br. The van der Waals surface area contributed by atoms with Crippen molar-refractivity contribution < 1.29 is 18.8 Å². The Morgan fingerprint density at radius 1 is 1.42 bits per heavy atom. The average Bonchev–Trinajstić information content (AvgIpc) is 3.32. The van der Waals surface area contributed by atoms with E-state index in [1.807, 2.05) is 12.3 Å². The molecular formula is C17H18BrNO4S. The minimum absolute atomic E-state index is 0.179. The van der Waals surface area contributed by atoms with Gasteiger partial charge in [-0.15, -0.1) is 11.8 Å². The molecular weight excluding hydrogens is 394 g/mol. The van der Waals surface area contributed by atoms with E-state index >= 15 is 0 Å². The standard InChI is InChI=1S/C17H18BrNO4S/c1-21-7-8-22-17-14(24-2)6-5-11(15(17)18)16(20)12-9-13(23-19-12)10-3-4-10/h5-6,9-10H,3-4,7-8H2,1-2H3. The highest BCUT2D eigenvalue weighted by molar-refractivity contribution is 9.10. The van der Waals surface area contributed by atoms with Crippen molar-refractivity contribution >= 4 is 33.5 Å². The first-order valence-corrected chi connectivity index (χ1v) is 9.67. The summed E-state index contributed by atoms with van der Waals surface area (Å²) >= 11 is 5.07. The summed E-state index contributed by atoms with van der Waals surface area (Å²) in [4.78, 5) is 13.7. The van der Waals surface area contributed by atoms with Crippen molar-refractivity contribution in [3.05, 3.63) is 39.7 Å². The summed E-state index contributed by atoms with van der Waals surface area (Å²) in [6.07, 6.45) is 4.17. The molecule has 0 N–H and O–H groups in total. The second-order valence-electron chi connectivity index (χ2n) is 5.52. The Bertz CT molecular complexity index is 742. The Balaban J connectivity index is 1.88. The summed E-state index contributed by atoms with van der Waals surface area (Å²) in [6, 6.07) is 5.42. The molecule has 0 aliphatic heterocycles. The van der Waals surface area contributed by atoms with Crippen molar-refractivity contribution in [2.75, 3.05) is 26.6 Å². The van der Waals surface area contributed by atoms with Crippen LogP contribution in [0.3, 0.4) is 0 Å². The molecule has 1 heterocycles. The van der Waals surface area contributed by atoms with Crippen molar-refractivity contribution in [1.82, 2.24) is 5.16 Å². The molecule has 1 aromatic carbocycles. The van der Waals surface area contributed by atoms with Crippen molar-refractivity contribution in [2.24, 2.45) is 0 Å². The topological polar surface area (TPSA) is 61.6 Å². The van der Waals surface area contributed by atoms with E-state index < -0.39 is 0 Å². The molecule has 1 aliphatic carbocycles. The Morgan fingerprint density at radius 3 is 2.88 bits per heavy atom. The van der Waals surface area contributed by atoms with Gasteiger partial charge in [0.15, 0.2) is 5.69 Å². The number of ether oxygens (including phenoxy) is 2. The first kappa shape index (κ1) is 17.5. The molecule has 24 heavy (non-hydrogen) atoms. The molecule has 0 atom stereocenters. The van der Waals surface area contributed by atoms with Gasteiger partial charge in [-0.05, 0) is 47.2 Å². The van der Waals surface area contributed by atoms with E-state index in [-0.39, 0.29) is 5.78 Å². The number of hydrogen-bond acceptors (Lipinski definition) is 6. The van der Waals surface area contributed by atoms with Crippen LogP contribution in [0.1, 0.15) is 40.6 Å². The number of methoxy groups -OCH3 is 1. The maximum absolute atomic E-state index is 12.8. The number of hydrogen-bond donors (Lipinski definition) is 0. The fourth-order valence-corrected chi connectivity index (χ4v) is 3.65. The van der Waals surface area contributed by atoms with Gasteiger partial charge in [-0.2, -0.15) is 0 Å². The zero-order chi connectivity index (χ0) is 17.1. The number of ketones is 1. The number of thioether (sulfide) groups is 1. The fourth-order valence-electron chi connectivity index (χ4n) is 2.33. The van der Waals surface area contributed by atoms with Crippen LogP contribution in [0.25, 0.3) is 0 Å². The van der Waals surface area contributed by atoms with E-state index in [1.54, 1.807) is 31.0 Å². The van der Waals surface area contributed by atoms with Crippen LogP contribution in [0.15, 0.2) is 32.1 Å². The van der Waals surface area contributed by atoms with Crippen LogP contribution in [-0.2, 0) is 4.74 Å². The van der Waals surface area contributed by atoms with Crippen molar-refractivity contribution in [3.63, 3.8) is 0 Å². The molecule has 1 saturated carbocycles. The number of aromatic nitrogens is 1. The zero-order valence-electron chi connectivity index (χ0n) is 13.5. The summed E-state index contributed by atoms with van der Waals surface area (Å²) < 4.78 is 16.7. The number of carbonyl (C=O) groups is 1. The maximum atomic E-state index is 12.8. The molecule has 0 unspecified atom stereocenters. The molecule has 0 spiro atoms. The lowest BCUT2D eigenvalue weighted by molar-refractivity contribution is 0.102. The number of rotatable bonds is 8. The third kappa shape index (κ3) is 3.68. The van der Waals surface area contributed by atoms with Gasteiger partial charge in [0.25, 0.3) is 0 Å². The Labute approximate surface area is 153 Å². The second-order valence-corrected chi connectivity index (χ2v) is 7.16. The average molecular weight is 412 g/mol. The Hall–Kier alpha value is -1.31. The van der Waals surface area contributed by atoms with Crippen molar-refractivity contribution in [1.29, 1.82) is 0 Å². The molecule has 0 saturated heterocycles. The third-order valence-corrected chi connectivity index (χ3v) is 5.35. The maximum Gasteiger partial charge on any atom is 0.216 e. The summed E-state index contributed by atoms with van der Waals surface area (Å²) in [6.45, 7) is 0.891. The Kier molecular flexibility index (Phi) is 5.63. The van der Waals surface area contributed by atoms with E-state index in [0.29, 0.717) is 40.6 Å². The zero-order valence-corrected chi connectivity index (χ0v) is 15.9. The van der Waals surface area contributed by atoms with Crippen LogP contribution in [0.2, 0.25) is 0 Å². The summed E-state index contributed by atoms with van der Waals surface area (Å²) in [5.74, 6) is 1.69. The monoisotopic (exact) mass is 411 g/mol. The molecule has 0 radical (unpaired) electrons. The van der Waals surface area contributed by atoms with E-state index in [1.165, 1.54) is 0 Å². The summed E-state index contributed by atoms with van der Waals surface area (Å²) in [5.41, 5.74) is 0.841. The van der Waals surface area contributed by atoms with Crippen molar-refractivity contribution in [2.45, 2.75) is 23.7 Å². The van der Waals surface area contributed by atoms with Crippen LogP contribution in [0.4, 0.5) is 0 Å². The quantitative estimate of drug-likeness (QED) is 0.366. The third-order valence-electron chi connectivity index (χ3n) is 3.80. The van der Waals surface area contributed by atoms with Crippen molar-refractivity contribution in [3.8, 4) is 5.75 Å². The van der Waals surface area contributed by atoms with Gasteiger partial charge in [0, 0.05) is 24.7 Å². The van der Waals surface area contributed by atoms with Crippen LogP contribution in [0.5, 0.6) is 5.75 Å². The molecule has 0 bridgehead atoms. The normalized spacial score (nSPS) is 14.0. The van der Waals surface area contributed by atoms with Gasteiger partial charge in [0.1, 0.15) is 18.1 Å². The first-order chi connectivity index (χ1) is 11.7. The molecule has 1 aliphatic rings. The molecule has 1 aromatic heterocycles. The number of halogens is 1. The molecule has 7 heteroatoms. The second kappa shape index (κ2) is 7.72. The lowest BCUT2D eigenvalue weighted by atomic mass is 10.1. The van der Waals surface area contributed by atoms with E-state index in [0.717, 1.165) is 23.5 Å². The van der Waals surface area contributed by atoms with Gasteiger partial charge in [0.2, 0.25) is 5.78 Å². The highest BCUT2D eigenvalue weighted by atomic mass is 79.9. The number of carbonyl (C=O) groups excluding carboxylic acids is 1. The van der Waals surface area contributed by atoms with Gasteiger partial charge in [-0.3, -0.25) is 4.79 Å². The number of benzene rings is 1. The molecule has 1 fully saturated rings. The largest absolute Gasteiger partial charge is 0.489 e. The first-order valence-electron chi connectivity index (χ1n) is 7.65. The van der Waals surface area contributed by atoms with Crippen LogP contribution >= 0.6 is 27.7 Å². The fraction of sp³-hybridized carbons (Fsp3) is 0.412. The van der Waals surface area contributed by atoms with Gasteiger partial charge < -0.3 is 14.0 Å². The van der Waals surface area contributed by atoms with E-state index in [4.69, 9.17) is 14.0 Å². The van der Waals surface area contributed by atoms with Gasteiger partial charge >= 0.3 is 0 Å². The van der Waals surface area contributed by atoms with E-state index in [2.05, 4.69) is 21.1 Å². The predicted molar refractivity (Wildman–Crippen MR) is 95.2 cm³/mol. The lowest BCUT2D eigenvalue weighted by Crippen LogP contribution is -2.08. The minimum Gasteiger partial charge on any atom is -0.489 e. The molecule has 128 valence electrons. The highest BCUT2D eigenvalue weighted by Gasteiger charge is 2.29. The van der Waals surface area contributed by atoms with E-state index in [9.17, 15) is 4.79 Å². The highest BCUT2D eigenvalue weighted by Crippen LogP contribution is 2.41. The predicted octanol–water partition coefficient (Wildman–Crippen LogP) is 4.29. The number of nitrogens with zero attached hydrogens (tertiary/aromatic N) is 1. The summed E-state index contributed by atoms with van der Waals surface area (Å²) in [7, 11) is 1.62. The Morgan fingerprint density at radius 2 is 2.21 bits per heavy atom. The molecule has 5 nitrogen and oxygen atoms in total. The summed E-state index contributed by atoms with van der Waals surface area (Å²) in [5, 5.41) is 3.93. The molecule has 2 aromatic rings. The van der Waals surface area contributed by atoms with Gasteiger partial charge in [-0.1, -0.05) is 5.16 Å². The van der Waals surface area contributed by atoms with Crippen LogP contribution < -0.4 is 4.74 Å².